The normalized spacial score (nSPS) is 32.4. The van der Waals surface area contributed by atoms with Crippen LogP contribution in [0.25, 0.3) is 0 Å². The maximum Gasteiger partial charge on any atom is 0.0199 e. The maximum atomic E-state index is 6.04. The fourth-order valence-electron chi connectivity index (χ4n) is 1.73. The van der Waals surface area contributed by atoms with Crippen LogP contribution in [0.5, 0.6) is 0 Å². The van der Waals surface area contributed by atoms with Crippen LogP contribution >= 0.6 is 0 Å². The van der Waals surface area contributed by atoms with Crippen LogP contribution in [0.15, 0.2) is 0 Å². The van der Waals surface area contributed by atoms with Gasteiger partial charge in [-0.25, -0.2) is 0 Å². The van der Waals surface area contributed by atoms with Crippen molar-refractivity contribution in [3.8, 4) is 0 Å². The molecule has 58 valence electrons. The van der Waals surface area contributed by atoms with E-state index in [0.29, 0.717) is 5.92 Å². The van der Waals surface area contributed by atoms with Gasteiger partial charge in [-0.1, -0.05) is 6.92 Å². The van der Waals surface area contributed by atoms with Crippen LogP contribution in [-0.2, 0) is 0 Å². The first-order valence-corrected chi connectivity index (χ1v) is 4.15. The number of hydrogen-bond acceptors (Lipinski definition) is 2. The summed E-state index contributed by atoms with van der Waals surface area (Å²) in [6.45, 7) is 2.21. The summed E-state index contributed by atoms with van der Waals surface area (Å²) in [5.74, 6) is 0.542. The molecule has 4 N–H and O–H groups in total. The largest absolute Gasteiger partial charge is 0.325 e. The van der Waals surface area contributed by atoms with Crippen molar-refractivity contribution in [3.63, 3.8) is 0 Å². The minimum Gasteiger partial charge on any atom is -0.325 e. The summed E-state index contributed by atoms with van der Waals surface area (Å²) in [6, 6.07) is 0. The van der Waals surface area contributed by atoms with E-state index in [1.165, 1.54) is 25.7 Å². The van der Waals surface area contributed by atoms with Crippen molar-refractivity contribution in [2.75, 3.05) is 0 Å². The average Bonchev–Trinajstić information content (AvgIpc) is 2.73. The van der Waals surface area contributed by atoms with Crippen molar-refractivity contribution in [1.82, 2.24) is 0 Å². The van der Waals surface area contributed by atoms with E-state index in [4.69, 9.17) is 11.5 Å². The molecule has 0 aromatic heterocycles. The zero-order valence-corrected chi connectivity index (χ0v) is 6.56. The molecule has 0 saturated heterocycles. The first-order valence-electron chi connectivity index (χ1n) is 4.15. The molecule has 2 aliphatic carbocycles. The van der Waals surface area contributed by atoms with Gasteiger partial charge in [-0.05, 0) is 31.6 Å². The van der Waals surface area contributed by atoms with E-state index in [1.54, 1.807) is 0 Å². The Morgan fingerprint density at radius 2 is 1.30 bits per heavy atom. The molecule has 0 amide bonds. The Morgan fingerprint density at radius 1 is 1.00 bits per heavy atom. The van der Waals surface area contributed by atoms with Crippen LogP contribution in [-0.4, -0.2) is 11.1 Å². The van der Waals surface area contributed by atoms with Crippen molar-refractivity contribution >= 4 is 0 Å². The summed E-state index contributed by atoms with van der Waals surface area (Å²) < 4.78 is 0. The molecule has 0 unspecified atom stereocenters. The van der Waals surface area contributed by atoms with E-state index in [9.17, 15) is 0 Å². The van der Waals surface area contributed by atoms with Gasteiger partial charge < -0.3 is 11.5 Å². The SMILES string of the molecule is CC(C1(N)CC1)C1(N)CC1. The molecule has 2 rings (SSSR count). The van der Waals surface area contributed by atoms with E-state index in [1.807, 2.05) is 0 Å². The van der Waals surface area contributed by atoms with Gasteiger partial charge in [-0.15, -0.1) is 0 Å². The maximum absolute atomic E-state index is 6.04. The minimum absolute atomic E-state index is 0.130. The molecular formula is C8H16N2. The highest BCUT2D eigenvalue weighted by molar-refractivity contribution is 5.15. The molecule has 2 saturated carbocycles. The highest BCUT2D eigenvalue weighted by Gasteiger charge is 2.56. The van der Waals surface area contributed by atoms with Crippen LogP contribution in [0.3, 0.4) is 0 Å². The van der Waals surface area contributed by atoms with E-state index in [2.05, 4.69) is 6.92 Å². The average molecular weight is 140 g/mol. The molecule has 0 aliphatic heterocycles. The van der Waals surface area contributed by atoms with Gasteiger partial charge >= 0.3 is 0 Å². The van der Waals surface area contributed by atoms with Gasteiger partial charge in [0.05, 0.1) is 0 Å². The molecule has 2 fully saturated rings. The van der Waals surface area contributed by atoms with E-state index < -0.39 is 0 Å². The Hall–Kier alpha value is -0.0800. The third kappa shape index (κ3) is 0.789. The van der Waals surface area contributed by atoms with Crippen molar-refractivity contribution in [3.05, 3.63) is 0 Å². The Labute approximate surface area is 62.0 Å². The van der Waals surface area contributed by atoms with Crippen molar-refractivity contribution in [2.24, 2.45) is 17.4 Å². The van der Waals surface area contributed by atoms with Gasteiger partial charge in [-0.3, -0.25) is 0 Å². The number of nitrogens with two attached hydrogens (primary N) is 2. The van der Waals surface area contributed by atoms with Crippen molar-refractivity contribution in [2.45, 2.75) is 43.7 Å². The topological polar surface area (TPSA) is 52.0 Å². The standard InChI is InChI=1S/C8H16N2/c1-6(7(9)2-3-7)8(10)4-5-8/h6H,2-5,9-10H2,1H3. The second kappa shape index (κ2) is 1.56. The van der Waals surface area contributed by atoms with Crippen LogP contribution in [0.2, 0.25) is 0 Å². The van der Waals surface area contributed by atoms with Crippen LogP contribution in [0.4, 0.5) is 0 Å². The Balaban J connectivity index is 2.04. The quantitative estimate of drug-likeness (QED) is 0.590. The second-order valence-electron chi connectivity index (χ2n) is 4.19. The van der Waals surface area contributed by atoms with Gasteiger partial charge in [0.1, 0.15) is 0 Å². The summed E-state index contributed by atoms with van der Waals surface area (Å²) in [5, 5.41) is 0. The molecule has 0 bridgehead atoms. The van der Waals surface area contributed by atoms with Gasteiger partial charge in [0.25, 0.3) is 0 Å². The summed E-state index contributed by atoms with van der Waals surface area (Å²) in [5.41, 5.74) is 12.3. The van der Waals surface area contributed by atoms with E-state index in [0.717, 1.165) is 0 Å². The first-order chi connectivity index (χ1) is 4.57. The lowest BCUT2D eigenvalue weighted by Crippen LogP contribution is -2.44. The highest BCUT2D eigenvalue weighted by Crippen LogP contribution is 2.51. The van der Waals surface area contributed by atoms with Crippen LogP contribution in [0.1, 0.15) is 32.6 Å². The van der Waals surface area contributed by atoms with Gasteiger partial charge in [-0.2, -0.15) is 0 Å². The summed E-state index contributed by atoms with van der Waals surface area (Å²) in [7, 11) is 0. The monoisotopic (exact) mass is 140 g/mol. The van der Waals surface area contributed by atoms with Crippen molar-refractivity contribution in [1.29, 1.82) is 0 Å². The predicted molar refractivity (Wildman–Crippen MR) is 41.5 cm³/mol. The van der Waals surface area contributed by atoms with Gasteiger partial charge in [0, 0.05) is 11.1 Å². The molecule has 2 heteroatoms. The van der Waals surface area contributed by atoms with Crippen molar-refractivity contribution < 1.29 is 0 Å². The second-order valence-corrected chi connectivity index (χ2v) is 4.19. The molecule has 0 aromatic carbocycles. The zero-order valence-electron chi connectivity index (χ0n) is 6.56. The molecule has 2 nitrogen and oxygen atoms in total. The summed E-state index contributed by atoms with van der Waals surface area (Å²) >= 11 is 0. The molecule has 0 heterocycles. The lowest BCUT2D eigenvalue weighted by atomic mass is 9.90. The molecule has 0 aromatic rings. The van der Waals surface area contributed by atoms with E-state index >= 15 is 0 Å². The first kappa shape index (κ1) is 6.62. The number of rotatable bonds is 2. The third-order valence-electron chi connectivity index (χ3n) is 3.38. The van der Waals surface area contributed by atoms with Gasteiger partial charge in [0.2, 0.25) is 0 Å². The minimum atomic E-state index is 0.130. The molecule has 2 aliphatic rings. The highest BCUT2D eigenvalue weighted by atomic mass is 14.9. The fraction of sp³-hybridized carbons (Fsp3) is 1.00. The Bertz CT molecular complexity index is 139. The summed E-state index contributed by atoms with van der Waals surface area (Å²) in [6.07, 6.45) is 4.75. The third-order valence-corrected chi connectivity index (χ3v) is 3.38. The number of hydrogen-bond donors (Lipinski definition) is 2. The predicted octanol–water partition coefficient (Wildman–Crippen LogP) is 0.605. The molecular weight excluding hydrogens is 124 g/mol. The molecule has 0 spiro atoms. The lowest BCUT2D eigenvalue weighted by molar-refractivity contribution is 0.346. The molecule has 0 radical (unpaired) electrons. The Morgan fingerprint density at radius 3 is 1.50 bits per heavy atom. The summed E-state index contributed by atoms with van der Waals surface area (Å²) in [4.78, 5) is 0. The molecule has 10 heavy (non-hydrogen) atoms. The van der Waals surface area contributed by atoms with Gasteiger partial charge in [0.15, 0.2) is 0 Å². The molecule has 0 atom stereocenters. The lowest BCUT2D eigenvalue weighted by Gasteiger charge is -2.24. The van der Waals surface area contributed by atoms with E-state index in [-0.39, 0.29) is 11.1 Å². The van der Waals surface area contributed by atoms with Crippen LogP contribution < -0.4 is 11.5 Å². The fourth-order valence-corrected chi connectivity index (χ4v) is 1.73. The zero-order chi connectivity index (χ0) is 7.41. The Kier molecular flexibility index (Phi) is 1.03. The smallest absolute Gasteiger partial charge is 0.0199 e. The van der Waals surface area contributed by atoms with Crippen LogP contribution in [0, 0.1) is 5.92 Å².